The molecule has 0 aliphatic carbocycles. The second kappa shape index (κ2) is 12.4. The predicted octanol–water partition coefficient (Wildman–Crippen LogP) is 4.79. The first-order valence-corrected chi connectivity index (χ1v) is 15.2. The highest BCUT2D eigenvalue weighted by atomic mass is 32.2. The SMILES string of the molecule is COc1ccc(/C=N/N(C(=O)c2ccc(S(=O)(=O)N(C)CC3CCCO3)cc2)c2nc3ccc(OC)cc3s2)cc1. The lowest BCUT2D eigenvalue weighted by atomic mass is 10.2. The monoisotopic (exact) mass is 594 g/mol. The summed E-state index contributed by atoms with van der Waals surface area (Å²) in [5.41, 5.74) is 1.70. The zero-order valence-corrected chi connectivity index (χ0v) is 24.5. The van der Waals surface area contributed by atoms with E-state index in [0.717, 1.165) is 23.1 Å². The Morgan fingerprint density at radius 2 is 1.78 bits per heavy atom. The van der Waals surface area contributed by atoms with Gasteiger partial charge in [-0.2, -0.15) is 14.4 Å². The number of benzene rings is 3. The Morgan fingerprint density at radius 3 is 2.44 bits per heavy atom. The molecule has 1 fully saturated rings. The van der Waals surface area contributed by atoms with Crippen LogP contribution in [0, 0.1) is 0 Å². The normalized spacial score (nSPS) is 15.6. The van der Waals surface area contributed by atoms with Crippen LogP contribution in [0.25, 0.3) is 10.2 Å². The Kier molecular flexibility index (Phi) is 8.64. The summed E-state index contributed by atoms with van der Waals surface area (Å²) in [6.07, 6.45) is 3.21. The van der Waals surface area contributed by atoms with Crippen LogP contribution in [0.1, 0.15) is 28.8 Å². The van der Waals surface area contributed by atoms with E-state index in [-0.39, 0.29) is 23.1 Å². The van der Waals surface area contributed by atoms with Crippen molar-refractivity contribution in [3.8, 4) is 11.5 Å². The fourth-order valence-corrected chi connectivity index (χ4v) is 6.51. The second-order valence-electron chi connectivity index (χ2n) is 9.41. The number of amides is 1. The average molecular weight is 595 g/mol. The van der Waals surface area contributed by atoms with Crippen LogP contribution < -0.4 is 14.5 Å². The first-order valence-electron chi connectivity index (χ1n) is 12.9. The molecule has 214 valence electrons. The number of thiazole rings is 1. The molecule has 2 heterocycles. The number of ether oxygens (including phenoxy) is 3. The molecule has 5 rings (SSSR count). The van der Waals surface area contributed by atoms with Gasteiger partial charge >= 0.3 is 0 Å². The number of sulfonamides is 1. The van der Waals surface area contributed by atoms with E-state index in [2.05, 4.69) is 10.1 Å². The van der Waals surface area contributed by atoms with Crippen molar-refractivity contribution in [3.63, 3.8) is 0 Å². The van der Waals surface area contributed by atoms with E-state index in [0.29, 0.717) is 28.8 Å². The van der Waals surface area contributed by atoms with Crippen molar-refractivity contribution in [2.75, 3.05) is 39.4 Å². The summed E-state index contributed by atoms with van der Waals surface area (Å²) in [4.78, 5) is 18.5. The number of nitrogens with zero attached hydrogens (tertiary/aromatic N) is 4. The molecule has 1 saturated heterocycles. The van der Waals surface area contributed by atoms with Crippen molar-refractivity contribution in [2.24, 2.45) is 5.10 Å². The molecule has 0 bridgehead atoms. The van der Waals surface area contributed by atoms with Crippen LogP contribution in [0.3, 0.4) is 0 Å². The van der Waals surface area contributed by atoms with E-state index >= 15 is 0 Å². The number of rotatable bonds is 10. The molecule has 0 N–H and O–H groups in total. The molecule has 41 heavy (non-hydrogen) atoms. The molecule has 1 atom stereocenters. The van der Waals surface area contributed by atoms with Crippen molar-refractivity contribution >= 4 is 48.8 Å². The smallest absolute Gasteiger partial charge is 0.280 e. The third kappa shape index (κ3) is 6.41. The predicted molar refractivity (Wildman–Crippen MR) is 159 cm³/mol. The topological polar surface area (TPSA) is 111 Å². The summed E-state index contributed by atoms with van der Waals surface area (Å²) in [6.45, 7) is 0.925. The molecule has 1 aliphatic rings. The van der Waals surface area contributed by atoms with E-state index in [1.54, 1.807) is 38.6 Å². The van der Waals surface area contributed by atoms with Gasteiger partial charge in [0.2, 0.25) is 15.2 Å². The fourth-order valence-electron chi connectivity index (χ4n) is 4.36. The van der Waals surface area contributed by atoms with Crippen LogP contribution >= 0.6 is 11.3 Å². The Balaban J connectivity index is 1.43. The first-order chi connectivity index (χ1) is 19.8. The fraction of sp³-hybridized carbons (Fsp3) is 0.276. The third-order valence-electron chi connectivity index (χ3n) is 6.69. The van der Waals surface area contributed by atoms with Crippen molar-refractivity contribution in [3.05, 3.63) is 77.9 Å². The van der Waals surface area contributed by atoms with Gasteiger partial charge in [-0.15, -0.1) is 0 Å². The van der Waals surface area contributed by atoms with Crippen LogP contribution in [-0.4, -0.2) is 70.4 Å². The highest BCUT2D eigenvalue weighted by molar-refractivity contribution is 7.89. The maximum Gasteiger partial charge on any atom is 0.280 e. The van der Waals surface area contributed by atoms with Gasteiger partial charge in [0, 0.05) is 25.8 Å². The third-order valence-corrected chi connectivity index (χ3v) is 9.52. The zero-order valence-electron chi connectivity index (χ0n) is 22.9. The van der Waals surface area contributed by atoms with Crippen molar-refractivity contribution in [1.29, 1.82) is 0 Å². The standard InChI is InChI=1S/C29H30N4O6S2/c1-32(19-24-5-4-16-39-24)41(35,36)25-13-8-21(9-14-25)28(34)33(30-18-20-6-10-22(37-2)11-7-20)29-31-26-15-12-23(38-3)17-27(26)40-29/h6-15,17-18,24H,4-5,16,19H2,1-3H3/b30-18+. The average Bonchev–Trinajstić information content (AvgIpc) is 3.67. The van der Waals surface area contributed by atoms with Crippen molar-refractivity contribution in [2.45, 2.75) is 23.8 Å². The first kappa shape index (κ1) is 28.7. The Morgan fingerprint density at radius 1 is 1.07 bits per heavy atom. The lowest BCUT2D eigenvalue weighted by molar-refractivity contribution is 0.0978. The van der Waals surface area contributed by atoms with Gasteiger partial charge in [0.25, 0.3) is 5.91 Å². The summed E-state index contributed by atoms with van der Waals surface area (Å²) >= 11 is 1.29. The summed E-state index contributed by atoms with van der Waals surface area (Å²) in [6, 6.07) is 18.5. The molecule has 1 aromatic heterocycles. The van der Waals surface area contributed by atoms with E-state index < -0.39 is 15.9 Å². The minimum atomic E-state index is -3.75. The van der Waals surface area contributed by atoms with Gasteiger partial charge in [0.1, 0.15) is 11.5 Å². The van der Waals surface area contributed by atoms with E-state index in [4.69, 9.17) is 14.2 Å². The minimum absolute atomic E-state index is 0.0925. The van der Waals surface area contributed by atoms with Gasteiger partial charge < -0.3 is 14.2 Å². The van der Waals surface area contributed by atoms with Crippen LogP contribution in [0.5, 0.6) is 11.5 Å². The van der Waals surface area contributed by atoms with Crippen molar-refractivity contribution < 1.29 is 27.4 Å². The molecular formula is C29H30N4O6S2. The molecule has 4 aromatic rings. The molecule has 1 unspecified atom stereocenters. The van der Waals surface area contributed by atoms with Gasteiger partial charge in [0.15, 0.2) is 0 Å². The number of aromatic nitrogens is 1. The highest BCUT2D eigenvalue weighted by Crippen LogP contribution is 2.32. The maximum absolute atomic E-state index is 13.7. The molecule has 3 aromatic carbocycles. The van der Waals surface area contributed by atoms with Gasteiger partial charge in [-0.05, 0) is 85.1 Å². The highest BCUT2D eigenvalue weighted by Gasteiger charge is 2.27. The van der Waals surface area contributed by atoms with Gasteiger partial charge in [-0.1, -0.05) is 11.3 Å². The largest absolute Gasteiger partial charge is 0.497 e. The van der Waals surface area contributed by atoms with Crippen LogP contribution in [0.2, 0.25) is 0 Å². The quantitative estimate of drug-likeness (QED) is 0.192. The van der Waals surface area contributed by atoms with Crippen LogP contribution in [0.4, 0.5) is 5.13 Å². The van der Waals surface area contributed by atoms with Crippen LogP contribution in [0.15, 0.2) is 76.7 Å². The summed E-state index contributed by atoms with van der Waals surface area (Å²) in [5.74, 6) is 0.915. The molecule has 0 saturated carbocycles. The lowest BCUT2D eigenvalue weighted by Gasteiger charge is -2.20. The van der Waals surface area contributed by atoms with Gasteiger partial charge in [-0.25, -0.2) is 13.4 Å². The number of likely N-dealkylation sites (N-methyl/N-ethyl adjacent to an activating group) is 1. The number of hydrogen-bond donors (Lipinski definition) is 0. The molecule has 0 radical (unpaired) electrons. The number of methoxy groups -OCH3 is 2. The minimum Gasteiger partial charge on any atom is -0.497 e. The van der Waals surface area contributed by atoms with Crippen molar-refractivity contribution in [1.82, 2.24) is 9.29 Å². The zero-order chi connectivity index (χ0) is 29.0. The summed E-state index contributed by atoms with van der Waals surface area (Å²) in [5, 5.41) is 6.06. The number of carbonyl (C=O) groups is 1. The summed E-state index contributed by atoms with van der Waals surface area (Å²) < 4.78 is 44.5. The molecule has 12 heteroatoms. The van der Waals surface area contributed by atoms with Crippen LogP contribution in [-0.2, 0) is 14.8 Å². The Bertz CT molecular complexity index is 1650. The summed E-state index contributed by atoms with van der Waals surface area (Å²) in [7, 11) is 0.958. The maximum atomic E-state index is 13.7. The lowest BCUT2D eigenvalue weighted by Crippen LogP contribution is -2.34. The van der Waals surface area contributed by atoms with Gasteiger partial charge in [-0.3, -0.25) is 4.79 Å². The molecule has 0 spiro atoms. The molecular weight excluding hydrogens is 564 g/mol. The van der Waals surface area contributed by atoms with E-state index in [9.17, 15) is 13.2 Å². The number of carbonyl (C=O) groups excluding carboxylic acids is 1. The molecule has 1 aliphatic heterocycles. The Labute approximate surface area is 242 Å². The number of fused-ring (bicyclic) bond motifs is 1. The number of hydrazone groups is 1. The second-order valence-corrected chi connectivity index (χ2v) is 12.5. The van der Waals surface area contributed by atoms with E-state index in [1.807, 2.05) is 24.3 Å². The molecule has 10 nitrogen and oxygen atoms in total. The van der Waals surface area contributed by atoms with Gasteiger partial charge in [0.05, 0.1) is 41.7 Å². The van der Waals surface area contributed by atoms with E-state index in [1.165, 1.54) is 52.0 Å². The Hall–Kier alpha value is -3.84. The number of anilines is 1. The molecule has 1 amide bonds. The number of hydrogen-bond acceptors (Lipinski definition) is 9.